The molecule has 4 nitrogen and oxygen atoms in total. The first-order valence-corrected chi connectivity index (χ1v) is 7.79. The Hall–Kier alpha value is -1.04. The number of halogens is 2. The summed E-state index contributed by atoms with van der Waals surface area (Å²) >= 11 is 17.0. The number of urea groups is 1. The second-order valence-corrected chi connectivity index (χ2v) is 6.75. The maximum atomic E-state index is 12.3. The highest BCUT2D eigenvalue weighted by Crippen LogP contribution is 2.32. The zero-order chi connectivity index (χ0) is 15.6. The summed E-state index contributed by atoms with van der Waals surface area (Å²) in [6, 6.07) is 4.77. The Labute approximate surface area is 139 Å². The van der Waals surface area contributed by atoms with Gasteiger partial charge < -0.3 is 16.0 Å². The lowest BCUT2D eigenvalue weighted by Crippen LogP contribution is -2.47. The average molecular weight is 346 g/mol. The molecule has 7 heteroatoms. The van der Waals surface area contributed by atoms with E-state index in [0.29, 0.717) is 33.8 Å². The second-order valence-electron chi connectivity index (χ2n) is 5.47. The molecule has 1 saturated heterocycles. The maximum Gasteiger partial charge on any atom is 0.321 e. The van der Waals surface area contributed by atoms with Crippen LogP contribution in [0.4, 0.5) is 10.5 Å². The van der Waals surface area contributed by atoms with Crippen molar-refractivity contribution in [1.82, 2.24) is 4.90 Å². The Morgan fingerprint density at radius 1 is 1.38 bits per heavy atom. The van der Waals surface area contributed by atoms with Gasteiger partial charge in [0.05, 0.1) is 15.7 Å². The molecule has 3 N–H and O–H groups in total. The minimum Gasteiger partial charge on any atom is -0.393 e. The number of nitrogens with one attached hydrogen (secondary N) is 1. The summed E-state index contributed by atoms with van der Waals surface area (Å²) in [6.07, 6.45) is 1.53. The molecule has 1 aromatic carbocycles. The van der Waals surface area contributed by atoms with Crippen molar-refractivity contribution in [2.45, 2.75) is 19.8 Å². The molecule has 2 amide bonds. The standard InChI is InChI=1S/C14H17Cl2N3OS/c1-14(12(17)21)4-6-19(7-5-14)13(20)18-11-8-9(15)2-3-10(11)16/h2-3,8H,4-7H2,1H3,(H2,17,21)(H,18,20). The molecule has 1 fully saturated rings. The lowest BCUT2D eigenvalue weighted by atomic mass is 9.80. The monoisotopic (exact) mass is 345 g/mol. The number of nitrogens with zero attached hydrogens (tertiary/aromatic N) is 1. The van der Waals surface area contributed by atoms with Crippen LogP contribution in [0.5, 0.6) is 0 Å². The number of amides is 2. The zero-order valence-corrected chi connectivity index (χ0v) is 14.0. The molecule has 1 aromatic rings. The van der Waals surface area contributed by atoms with Gasteiger partial charge in [-0.1, -0.05) is 42.3 Å². The van der Waals surface area contributed by atoms with Crippen LogP contribution in [0, 0.1) is 5.41 Å². The average Bonchev–Trinajstić information content (AvgIpc) is 2.43. The summed E-state index contributed by atoms with van der Waals surface area (Å²) in [5.74, 6) is 0. The van der Waals surface area contributed by atoms with E-state index in [1.54, 1.807) is 23.1 Å². The van der Waals surface area contributed by atoms with Gasteiger partial charge in [-0.15, -0.1) is 0 Å². The van der Waals surface area contributed by atoms with Crippen LogP contribution in [-0.2, 0) is 0 Å². The van der Waals surface area contributed by atoms with Crippen molar-refractivity contribution >= 4 is 52.1 Å². The number of benzene rings is 1. The molecule has 0 bridgehead atoms. The Bertz CT molecular complexity index is 571. The number of anilines is 1. The van der Waals surface area contributed by atoms with Crippen molar-refractivity contribution in [2.24, 2.45) is 11.1 Å². The van der Waals surface area contributed by atoms with E-state index in [4.69, 9.17) is 41.2 Å². The highest BCUT2D eigenvalue weighted by molar-refractivity contribution is 7.80. The molecule has 0 unspecified atom stereocenters. The smallest absolute Gasteiger partial charge is 0.321 e. The third-order valence-corrected chi connectivity index (χ3v) is 4.98. The fourth-order valence-electron chi connectivity index (χ4n) is 2.24. The van der Waals surface area contributed by atoms with Crippen LogP contribution >= 0.6 is 35.4 Å². The molecule has 0 saturated carbocycles. The molecule has 0 spiro atoms. The summed E-state index contributed by atoms with van der Waals surface area (Å²) in [4.78, 5) is 14.5. The number of likely N-dealkylation sites (tertiary alicyclic amines) is 1. The van der Waals surface area contributed by atoms with Crippen LogP contribution in [0.3, 0.4) is 0 Å². The quantitative estimate of drug-likeness (QED) is 0.798. The van der Waals surface area contributed by atoms with Gasteiger partial charge in [0.1, 0.15) is 0 Å². The molecule has 21 heavy (non-hydrogen) atoms. The number of carbonyl (C=O) groups excluding carboxylic acids is 1. The van der Waals surface area contributed by atoms with E-state index in [0.717, 1.165) is 12.8 Å². The number of hydrogen-bond donors (Lipinski definition) is 2. The molecule has 1 aliphatic rings. The van der Waals surface area contributed by atoms with Gasteiger partial charge in [-0.25, -0.2) is 4.79 Å². The first kappa shape index (κ1) is 16.3. The number of piperidine rings is 1. The van der Waals surface area contributed by atoms with Crippen molar-refractivity contribution in [2.75, 3.05) is 18.4 Å². The van der Waals surface area contributed by atoms with Gasteiger partial charge in [-0.2, -0.15) is 0 Å². The van der Waals surface area contributed by atoms with E-state index >= 15 is 0 Å². The molecule has 0 aromatic heterocycles. The van der Waals surface area contributed by atoms with Gasteiger partial charge in [0.15, 0.2) is 0 Å². The van der Waals surface area contributed by atoms with Gasteiger partial charge in [-0.3, -0.25) is 0 Å². The first-order chi connectivity index (χ1) is 9.82. The summed E-state index contributed by atoms with van der Waals surface area (Å²) in [7, 11) is 0. The number of thiocarbonyl (C=S) groups is 1. The van der Waals surface area contributed by atoms with E-state index in [9.17, 15) is 4.79 Å². The predicted octanol–water partition coefficient (Wildman–Crippen LogP) is 3.91. The highest BCUT2D eigenvalue weighted by Gasteiger charge is 2.34. The minimum absolute atomic E-state index is 0.167. The number of hydrogen-bond acceptors (Lipinski definition) is 2. The SMILES string of the molecule is CC1(C(N)=S)CCN(C(=O)Nc2cc(Cl)ccc2Cl)CC1. The van der Waals surface area contributed by atoms with E-state index in [-0.39, 0.29) is 11.4 Å². The fraction of sp³-hybridized carbons (Fsp3) is 0.429. The van der Waals surface area contributed by atoms with Crippen LogP contribution in [0.25, 0.3) is 0 Å². The van der Waals surface area contributed by atoms with E-state index < -0.39 is 0 Å². The van der Waals surface area contributed by atoms with Crippen molar-refractivity contribution in [3.05, 3.63) is 28.2 Å². The number of carbonyl (C=O) groups is 1. The Morgan fingerprint density at radius 2 is 2.00 bits per heavy atom. The molecule has 0 aliphatic carbocycles. The van der Waals surface area contributed by atoms with Gasteiger partial charge in [0.2, 0.25) is 0 Å². The third kappa shape index (κ3) is 3.78. The maximum absolute atomic E-state index is 12.3. The molecular weight excluding hydrogens is 329 g/mol. The predicted molar refractivity (Wildman–Crippen MR) is 91.2 cm³/mol. The van der Waals surface area contributed by atoms with Gasteiger partial charge in [0, 0.05) is 23.5 Å². The summed E-state index contributed by atoms with van der Waals surface area (Å²) in [6.45, 7) is 3.26. The van der Waals surface area contributed by atoms with Crippen molar-refractivity contribution in [1.29, 1.82) is 0 Å². The molecular formula is C14H17Cl2N3OS. The Balaban J connectivity index is 2.00. The molecule has 1 heterocycles. The summed E-state index contributed by atoms with van der Waals surface area (Å²) in [5.41, 5.74) is 6.11. The largest absolute Gasteiger partial charge is 0.393 e. The normalized spacial score (nSPS) is 17.4. The van der Waals surface area contributed by atoms with Crippen molar-refractivity contribution < 1.29 is 4.79 Å². The van der Waals surface area contributed by atoms with E-state index in [1.165, 1.54) is 0 Å². The minimum atomic E-state index is -0.191. The van der Waals surface area contributed by atoms with Gasteiger partial charge >= 0.3 is 6.03 Å². The summed E-state index contributed by atoms with van der Waals surface area (Å²) < 4.78 is 0. The second kappa shape index (κ2) is 6.38. The topological polar surface area (TPSA) is 58.4 Å². The lowest BCUT2D eigenvalue weighted by molar-refractivity contribution is 0.171. The third-order valence-electron chi connectivity index (χ3n) is 3.92. The van der Waals surface area contributed by atoms with E-state index in [1.807, 2.05) is 6.92 Å². The Kier molecular flexibility index (Phi) is 4.96. The van der Waals surface area contributed by atoms with Crippen LogP contribution in [0.1, 0.15) is 19.8 Å². The number of nitrogens with two attached hydrogens (primary N) is 1. The lowest BCUT2D eigenvalue weighted by Gasteiger charge is -2.38. The zero-order valence-electron chi connectivity index (χ0n) is 11.7. The Morgan fingerprint density at radius 3 is 2.57 bits per heavy atom. The molecule has 2 rings (SSSR count). The van der Waals surface area contributed by atoms with Crippen LogP contribution in [0.2, 0.25) is 10.0 Å². The number of rotatable bonds is 2. The molecule has 0 radical (unpaired) electrons. The van der Waals surface area contributed by atoms with Crippen molar-refractivity contribution in [3.8, 4) is 0 Å². The van der Waals surface area contributed by atoms with Crippen LogP contribution in [0.15, 0.2) is 18.2 Å². The molecule has 0 atom stereocenters. The molecule has 1 aliphatic heterocycles. The first-order valence-electron chi connectivity index (χ1n) is 6.63. The highest BCUT2D eigenvalue weighted by atomic mass is 35.5. The van der Waals surface area contributed by atoms with Gasteiger partial charge in [0.25, 0.3) is 0 Å². The van der Waals surface area contributed by atoms with Crippen LogP contribution < -0.4 is 11.1 Å². The van der Waals surface area contributed by atoms with Crippen LogP contribution in [-0.4, -0.2) is 29.0 Å². The van der Waals surface area contributed by atoms with E-state index in [2.05, 4.69) is 5.32 Å². The van der Waals surface area contributed by atoms with Gasteiger partial charge in [-0.05, 0) is 31.0 Å². The molecule has 114 valence electrons. The van der Waals surface area contributed by atoms with Crippen molar-refractivity contribution in [3.63, 3.8) is 0 Å². The fourth-order valence-corrected chi connectivity index (χ4v) is 2.78. The summed E-state index contributed by atoms with van der Waals surface area (Å²) in [5, 5.41) is 3.76.